The molecule has 0 saturated heterocycles. The van der Waals surface area contributed by atoms with E-state index in [2.05, 4.69) is 31.4 Å². The summed E-state index contributed by atoms with van der Waals surface area (Å²) in [4.78, 5) is 4.44. The van der Waals surface area contributed by atoms with Crippen LogP contribution in [0.25, 0.3) is 11.3 Å². The number of nitrogens with one attached hydrogen (secondary N) is 1. The molecule has 0 fully saturated rings. The molecule has 0 amide bonds. The van der Waals surface area contributed by atoms with E-state index < -0.39 is 0 Å². The summed E-state index contributed by atoms with van der Waals surface area (Å²) in [6.45, 7) is 0. The molecule has 1 aromatic heterocycles. The van der Waals surface area contributed by atoms with Crippen LogP contribution in [0.5, 0.6) is 0 Å². The fourth-order valence-electron chi connectivity index (χ4n) is 1.84. The summed E-state index contributed by atoms with van der Waals surface area (Å²) in [5.41, 5.74) is 5.17. The fraction of sp³-hybridized carbons (Fsp3) is 0. The quantitative estimate of drug-likeness (QED) is 0.505. The highest BCUT2D eigenvalue weighted by Crippen LogP contribution is 2.24. The number of hydrogen-bond donors (Lipinski definition) is 1. The molecule has 0 spiro atoms. The first-order valence-corrected chi connectivity index (χ1v) is 8.15. The molecule has 6 heteroatoms. The third-order valence-corrected chi connectivity index (χ3v) is 4.14. The molecule has 1 N–H and O–H groups in total. The molecule has 3 nitrogen and oxygen atoms in total. The van der Waals surface area contributed by atoms with E-state index in [0.29, 0.717) is 10.7 Å². The minimum atomic E-state index is -0.321. The Balaban J connectivity index is 1.71. The van der Waals surface area contributed by atoms with Crippen LogP contribution in [-0.2, 0) is 0 Å². The summed E-state index contributed by atoms with van der Waals surface area (Å²) in [6, 6.07) is 14.6. The number of halogens is 2. The highest BCUT2D eigenvalue weighted by molar-refractivity contribution is 9.10. The number of benzene rings is 2. The predicted octanol–water partition coefficient (Wildman–Crippen LogP) is 5.16. The van der Waals surface area contributed by atoms with Crippen LogP contribution in [0.4, 0.5) is 9.52 Å². The van der Waals surface area contributed by atoms with Crippen molar-refractivity contribution in [3.05, 3.63) is 69.8 Å². The Morgan fingerprint density at radius 2 is 2.00 bits per heavy atom. The van der Waals surface area contributed by atoms with E-state index in [0.717, 1.165) is 15.7 Å². The normalized spacial score (nSPS) is 11.0. The summed E-state index contributed by atoms with van der Waals surface area (Å²) < 4.78 is 14.4. The second-order valence-corrected chi connectivity index (χ2v) is 6.21. The van der Waals surface area contributed by atoms with Crippen molar-refractivity contribution in [1.29, 1.82) is 0 Å². The van der Waals surface area contributed by atoms with Gasteiger partial charge < -0.3 is 0 Å². The summed E-state index contributed by atoms with van der Waals surface area (Å²) in [6.07, 6.45) is 1.43. The number of nitrogens with zero attached hydrogens (tertiary/aromatic N) is 2. The van der Waals surface area contributed by atoms with E-state index in [9.17, 15) is 4.39 Å². The van der Waals surface area contributed by atoms with Gasteiger partial charge in [0.2, 0.25) is 5.13 Å². The first kappa shape index (κ1) is 14.9. The Labute approximate surface area is 139 Å². The molecule has 1 heterocycles. The second kappa shape index (κ2) is 6.81. The van der Waals surface area contributed by atoms with Crippen LogP contribution >= 0.6 is 27.3 Å². The van der Waals surface area contributed by atoms with Crippen molar-refractivity contribution in [2.24, 2.45) is 5.10 Å². The average Bonchev–Trinajstić information content (AvgIpc) is 3.00. The standard InChI is InChI=1S/C16H11BrFN3S/c17-13-6-7-14(18)12(8-13)9-19-21-16-20-15(10-22-16)11-4-2-1-3-5-11/h1-10H,(H,20,21). The van der Waals surface area contributed by atoms with Gasteiger partial charge in [0, 0.05) is 21.0 Å². The van der Waals surface area contributed by atoms with Crippen molar-refractivity contribution >= 4 is 38.6 Å². The molecular weight excluding hydrogens is 365 g/mol. The SMILES string of the molecule is Fc1ccc(Br)cc1C=NNc1nc(-c2ccccc2)cs1. The van der Waals surface area contributed by atoms with Crippen molar-refractivity contribution in [1.82, 2.24) is 4.98 Å². The van der Waals surface area contributed by atoms with E-state index in [-0.39, 0.29) is 5.82 Å². The van der Waals surface area contributed by atoms with Gasteiger partial charge in [-0.1, -0.05) is 46.3 Å². The van der Waals surface area contributed by atoms with E-state index in [1.807, 2.05) is 35.7 Å². The van der Waals surface area contributed by atoms with Crippen LogP contribution in [0.3, 0.4) is 0 Å². The van der Waals surface area contributed by atoms with Crippen LogP contribution in [0.2, 0.25) is 0 Å². The molecule has 3 rings (SSSR count). The van der Waals surface area contributed by atoms with E-state index in [1.54, 1.807) is 12.1 Å². The average molecular weight is 376 g/mol. The maximum Gasteiger partial charge on any atom is 0.203 e. The molecule has 0 unspecified atom stereocenters. The van der Waals surface area contributed by atoms with Crippen LogP contribution in [0.1, 0.15) is 5.56 Å². The zero-order chi connectivity index (χ0) is 15.4. The Hall–Kier alpha value is -2.05. The number of aromatic nitrogens is 1. The first-order valence-electron chi connectivity index (χ1n) is 6.47. The number of hydrazone groups is 1. The zero-order valence-corrected chi connectivity index (χ0v) is 13.7. The van der Waals surface area contributed by atoms with Gasteiger partial charge in [0.05, 0.1) is 11.9 Å². The lowest BCUT2D eigenvalue weighted by Gasteiger charge is -1.98. The van der Waals surface area contributed by atoms with Crippen molar-refractivity contribution in [3.8, 4) is 11.3 Å². The molecule has 3 aromatic rings. The van der Waals surface area contributed by atoms with Crippen LogP contribution in [0.15, 0.2) is 63.5 Å². The lowest BCUT2D eigenvalue weighted by Crippen LogP contribution is -1.93. The molecule has 0 aliphatic heterocycles. The molecule has 0 saturated carbocycles. The molecule has 0 aliphatic rings. The zero-order valence-electron chi connectivity index (χ0n) is 11.3. The Kier molecular flexibility index (Phi) is 4.60. The molecule has 0 radical (unpaired) electrons. The predicted molar refractivity (Wildman–Crippen MR) is 92.9 cm³/mol. The minimum Gasteiger partial charge on any atom is -0.253 e. The molecule has 110 valence electrons. The van der Waals surface area contributed by atoms with E-state index >= 15 is 0 Å². The first-order chi connectivity index (χ1) is 10.7. The fourth-order valence-corrected chi connectivity index (χ4v) is 2.88. The highest BCUT2D eigenvalue weighted by atomic mass is 79.9. The molecule has 22 heavy (non-hydrogen) atoms. The summed E-state index contributed by atoms with van der Waals surface area (Å²) in [5.74, 6) is -0.321. The van der Waals surface area contributed by atoms with Crippen LogP contribution < -0.4 is 5.43 Å². The van der Waals surface area contributed by atoms with Gasteiger partial charge in [0.15, 0.2) is 0 Å². The Bertz CT molecular complexity index is 802. The lowest BCUT2D eigenvalue weighted by atomic mass is 10.2. The number of rotatable bonds is 4. The molecular formula is C16H11BrFN3S. The minimum absolute atomic E-state index is 0.321. The van der Waals surface area contributed by atoms with Gasteiger partial charge in [0.25, 0.3) is 0 Å². The van der Waals surface area contributed by atoms with Crippen molar-refractivity contribution in [3.63, 3.8) is 0 Å². The van der Waals surface area contributed by atoms with Crippen molar-refractivity contribution < 1.29 is 4.39 Å². The topological polar surface area (TPSA) is 37.3 Å². The third kappa shape index (κ3) is 3.58. The van der Waals surface area contributed by atoms with Crippen LogP contribution in [0, 0.1) is 5.82 Å². The largest absolute Gasteiger partial charge is 0.253 e. The summed E-state index contributed by atoms with van der Waals surface area (Å²) in [7, 11) is 0. The van der Waals surface area contributed by atoms with Gasteiger partial charge in [-0.3, -0.25) is 5.43 Å². The van der Waals surface area contributed by atoms with E-state index in [1.165, 1.54) is 23.6 Å². The monoisotopic (exact) mass is 375 g/mol. The number of hydrogen-bond acceptors (Lipinski definition) is 4. The Morgan fingerprint density at radius 1 is 1.18 bits per heavy atom. The second-order valence-electron chi connectivity index (χ2n) is 4.44. The smallest absolute Gasteiger partial charge is 0.203 e. The van der Waals surface area contributed by atoms with Gasteiger partial charge in [-0.15, -0.1) is 11.3 Å². The molecule has 0 atom stereocenters. The van der Waals surface area contributed by atoms with Crippen LogP contribution in [-0.4, -0.2) is 11.2 Å². The van der Waals surface area contributed by atoms with Gasteiger partial charge in [-0.25, -0.2) is 9.37 Å². The van der Waals surface area contributed by atoms with Crippen molar-refractivity contribution in [2.75, 3.05) is 5.43 Å². The Morgan fingerprint density at radius 3 is 2.82 bits per heavy atom. The number of anilines is 1. The lowest BCUT2D eigenvalue weighted by molar-refractivity contribution is 0.625. The van der Waals surface area contributed by atoms with E-state index in [4.69, 9.17) is 0 Å². The van der Waals surface area contributed by atoms with Gasteiger partial charge in [-0.2, -0.15) is 5.10 Å². The maximum absolute atomic E-state index is 13.6. The van der Waals surface area contributed by atoms with Gasteiger partial charge >= 0.3 is 0 Å². The van der Waals surface area contributed by atoms with Gasteiger partial charge in [0.1, 0.15) is 5.82 Å². The molecule has 0 aliphatic carbocycles. The number of thiazole rings is 1. The summed E-state index contributed by atoms with van der Waals surface area (Å²) >= 11 is 4.75. The molecule has 2 aromatic carbocycles. The highest BCUT2D eigenvalue weighted by Gasteiger charge is 2.03. The maximum atomic E-state index is 13.6. The van der Waals surface area contributed by atoms with Gasteiger partial charge in [-0.05, 0) is 18.2 Å². The molecule has 0 bridgehead atoms. The van der Waals surface area contributed by atoms with Crippen molar-refractivity contribution in [2.45, 2.75) is 0 Å². The summed E-state index contributed by atoms with van der Waals surface area (Å²) in [5, 5.41) is 6.64. The third-order valence-electron chi connectivity index (χ3n) is 2.90.